The molecule has 2 rings (SSSR count). The summed E-state index contributed by atoms with van der Waals surface area (Å²) < 4.78 is 5.20. The monoisotopic (exact) mass is 554 g/mol. The molecule has 0 aliphatic heterocycles. The maximum absolute atomic E-state index is 13.3. The number of benzene rings is 2. The van der Waals surface area contributed by atoms with Crippen molar-refractivity contribution in [2.45, 2.75) is 63.3 Å². The van der Waals surface area contributed by atoms with Gasteiger partial charge in [-0.2, -0.15) is 0 Å². The maximum atomic E-state index is 13.3. The van der Waals surface area contributed by atoms with Crippen molar-refractivity contribution in [1.29, 1.82) is 0 Å². The molecular formula is C28H38N6O6. The second-order valence-electron chi connectivity index (χ2n) is 9.26. The number of ether oxygens (including phenoxy) is 1. The molecule has 12 heteroatoms. The average molecular weight is 555 g/mol. The van der Waals surface area contributed by atoms with Crippen LogP contribution in [0.4, 0.5) is 4.79 Å². The number of rotatable bonds is 17. The van der Waals surface area contributed by atoms with E-state index in [4.69, 9.17) is 21.9 Å². The molecule has 0 unspecified atom stereocenters. The first-order valence-electron chi connectivity index (χ1n) is 13.1. The molecular weight excluding hydrogens is 516 g/mol. The standard InChI is InChI=1S/C28H38N6O6/c29-16-8-7-13-21(25(31)36)32-27(38)23(17-19-9-3-1-4-10-19)33-26(37)22(14-15-24(30)35)34-28(39)40-18-20-11-5-2-6-12-20/h1-6,9-12,21-23H,7-8,13-18,29H2,(H2,30,35)(H2,31,36)(H,32,38)(H,33,37)(H,34,39)/t21-,22-,23-/m0/s1. The number of primary amides is 2. The molecule has 0 fully saturated rings. The van der Waals surface area contributed by atoms with Crippen molar-refractivity contribution in [2.75, 3.05) is 6.54 Å². The van der Waals surface area contributed by atoms with Crippen molar-refractivity contribution in [3.05, 3.63) is 71.8 Å². The van der Waals surface area contributed by atoms with Gasteiger partial charge in [0.05, 0.1) is 0 Å². The minimum atomic E-state index is -1.22. The van der Waals surface area contributed by atoms with E-state index in [1.165, 1.54) is 0 Å². The molecule has 0 saturated carbocycles. The van der Waals surface area contributed by atoms with Gasteiger partial charge >= 0.3 is 6.09 Å². The summed E-state index contributed by atoms with van der Waals surface area (Å²) in [5, 5.41) is 7.69. The SMILES string of the molecule is NCCCC[C@H](NC(=O)[C@H](Cc1ccccc1)NC(=O)[C@H](CCC(N)=O)NC(=O)OCc1ccccc1)C(N)=O. The lowest BCUT2D eigenvalue weighted by atomic mass is 10.0. The fourth-order valence-electron chi connectivity index (χ4n) is 3.84. The molecule has 40 heavy (non-hydrogen) atoms. The van der Waals surface area contributed by atoms with Crippen LogP contribution in [0.5, 0.6) is 0 Å². The molecule has 12 nitrogen and oxygen atoms in total. The van der Waals surface area contributed by atoms with Gasteiger partial charge in [-0.15, -0.1) is 0 Å². The molecule has 216 valence electrons. The van der Waals surface area contributed by atoms with Gasteiger partial charge in [0.2, 0.25) is 23.6 Å². The number of amides is 5. The van der Waals surface area contributed by atoms with Crippen molar-refractivity contribution < 1.29 is 28.7 Å². The van der Waals surface area contributed by atoms with Crippen LogP contribution < -0.4 is 33.2 Å². The number of carbonyl (C=O) groups excluding carboxylic acids is 5. The number of hydrogen-bond acceptors (Lipinski definition) is 7. The van der Waals surface area contributed by atoms with Crippen LogP contribution in [0.3, 0.4) is 0 Å². The van der Waals surface area contributed by atoms with E-state index in [1.54, 1.807) is 48.5 Å². The normalized spacial score (nSPS) is 12.8. The molecule has 0 aliphatic rings. The molecule has 0 heterocycles. The molecule has 9 N–H and O–H groups in total. The van der Waals surface area contributed by atoms with Crippen LogP contribution in [-0.4, -0.2) is 54.4 Å². The smallest absolute Gasteiger partial charge is 0.408 e. The minimum absolute atomic E-state index is 0.0332. The summed E-state index contributed by atoms with van der Waals surface area (Å²) in [6.07, 6.45) is 0.406. The summed E-state index contributed by atoms with van der Waals surface area (Å²) in [5.74, 6) is -2.74. The fraction of sp³-hybridized carbons (Fsp3) is 0.393. The summed E-state index contributed by atoms with van der Waals surface area (Å²) in [7, 11) is 0. The van der Waals surface area contributed by atoms with Crippen LogP contribution in [0.1, 0.15) is 43.2 Å². The number of carbonyl (C=O) groups is 5. The van der Waals surface area contributed by atoms with Crippen molar-refractivity contribution in [3.63, 3.8) is 0 Å². The first kappa shape index (κ1) is 31.8. The van der Waals surface area contributed by atoms with E-state index < -0.39 is 47.8 Å². The van der Waals surface area contributed by atoms with Gasteiger partial charge in [-0.25, -0.2) is 4.79 Å². The molecule has 2 aromatic carbocycles. The Balaban J connectivity index is 2.16. The van der Waals surface area contributed by atoms with Crippen molar-refractivity contribution in [1.82, 2.24) is 16.0 Å². The lowest BCUT2D eigenvalue weighted by Crippen LogP contribution is -2.57. The van der Waals surface area contributed by atoms with E-state index in [1.807, 2.05) is 12.1 Å². The third-order valence-corrected chi connectivity index (χ3v) is 6.02. The third kappa shape index (κ3) is 11.9. The van der Waals surface area contributed by atoms with E-state index in [-0.39, 0.29) is 25.9 Å². The Morgan fingerprint density at radius 1 is 0.700 bits per heavy atom. The number of hydrogen-bond donors (Lipinski definition) is 6. The summed E-state index contributed by atoms with van der Waals surface area (Å²) in [5.41, 5.74) is 17.7. The van der Waals surface area contributed by atoms with Crippen LogP contribution >= 0.6 is 0 Å². The highest BCUT2D eigenvalue weighted by Gasteiger charge is 2.29. The van der Waals surface area contributed by atoms with Gasteiger partial charge in [0.25, 0.3) is 0 Å². The number of unbranched alkanes of at least 4 members (excludes halogenated alkanes) is 1. The van der Waals surface area contributed by atoms with Crippen molar-refractivity contribution >= 4 is 29.7 Å². The van der Waals surface area contributed by atoms with Gasteiger partial charge in [0.15, 0.2) is 0 Å². The average Bonchev–Trinajstić information content (AvgIpc) is 2.94. The predicted octanol–water partition coefficient (Wildman–Crippen LogP) is 0.374. The largest absolute Gasteiger partial charge is 0.445 e. The zero-order chi connectivity index (χ0) is 29.3. The van der Waals surface area contributed by atoms with E-state index in [0.717, 1.165) is 11.1 Å². The van der Waals surface area contributed by atoms with Crippen LogP contribution in [-0.2, 0) is 36.9 Å². The molecule has 0 radical (unpaired) electrons. The Morgan fingerprint density at radius 3 is 1.85 bits per heavy atom. The summed E-state index contributed by atoms with van der Waals surface area (Å²) in [4.78, 5) is 62.4. The fourth-order valence-corrected chi connectivity index (χ4v) is 3.84. The maximum Gasteiger partial charge on any atom is 0.408 e. The molecule has 3 atom stereocenters. The molecule has 0 saturated heterocycles. The zero-order valence-corrected chi connectivity index (χ0v) is 22.3. The Hall–Kier alpha value is -4.45. The van der Waals surface area contributed by atoms with Crippen molar-refractivity contribution in [3.8, 4) is 0 Å². The summed E-state index contributed by atoms with van der Waals surface area (Å²) in [6.45, 7) is 0.397. The minimum Gasteiger partial charge on any atom is -0.445 e. The zero-order valence-electron chi connectivity index (χ0n) is 22.3. The Morgan fingerprint density at radius 2 is 1.27 bits per heavy atom. The van der Waals surface area contributed by atoms with Crippen LogP contribution in [0, 0.1) is 0 Å². The van der Waals surface area contributed by atoms with E-state index in [2.05, 4.69) is 16.0 Å². The molecule has 0 aliphatic carbocycles. The van der Waals surface area contributed by atoms with Crippen molar-refractivity contribution in [2.24, 2.45) is 17.2 Å². The summed E-state index contributed by atoms with van der Waals surface area (Å²) in [6, 6.07) is 14.6. The first-order chi connectivity index (χ1) is 19.2. The van der Waals surface area contributed by atoms with Gasteiger partial charge in [-0.05, 0) is 43.4 Å². The molecule has 0 bridgehead atoms. The number of alkyl carbamates (subject to hydrolysis) is 1. The quantitative estimate of drug-likeness (QED) is 0.151. The second kappa shape index (κ2) is 17.2. The van der Waals surface area contributed by atoms with E-state index in [9.17, 15) is 24.0 Å². The predicted molar refractivity (Wildman–Crippen MR) is 148 cm³/mol. The second-order valence-corrected chi connectivity index (χ2v) is 9.26. The highest BCUT2D eigenvalue weighted by atomic mass is 16.5. The third-order valence-electron chi connectivity index (χ3n) is 6.02. The highest BCUT2D eigenvalue weighted by molar-refractivity contribution is 5.94. The van der Waals surface area contributed by atoms with Crippen LogP contribution in [0.15, 0.2) is 60.7 Å². The topological polar surface area (TPSA) is 209 Å². The molecule has 5 amide bonds. The lowest BCUT2D eigenvalue weighted by Gasteiger charge is -2.25. The van der Waals surface area contributed by atoms with Gasteiger partial charge in [-0.1, -0.05) is 60.7 Å². The molecule has 0 aromatic heterocycles. The van der Waals surface area contributed by atoms with E-state index in [0.29, 0.717) is 25.8 Å². The van der Waals surface area contributed by atoms with Crippen LogP contribution in [0.25, 0.3) is 0 Å². The Kier molecular flexibility index (Phi) is 13.7. The van der Waals surface area contributed by atoms with Crippen LogP contribution in [0.2, 0.25) is 0 Å². The first-order valence-corrected chi connectivity index (χ1v) is 13.1. The van der Waals surface area contributed by atoms with E-state index >= 15 is 0 Å². The summed E-state index contributed by atoms with van der Waals surface area (Å²) >= 11 is 0. The van der Waals surface area contributed by atoms with Gasteiger partial charge < -0.3 is 37.9 Å². The highest BCUT2D eigenvalue weighted by Crippen LogP contribution is 2.08. The van der Waals surface area contributed by atoms with Gasteiger partial charge in [0, 0.05) is 12.8 Å². The Labute approximate surface area is 233 Å². The van der Waals surface area contributed by atoms with Gasteiger partial charge in [-0.3, -0.25) is 19.2 Å². The Bertz CT molecular complexity index is 1110. The number of nitrogens with two attached hydrogens (primary N) is 3. The number of nitrogens with one attached hydrogen (secondary N) is 3. The molecule has 0 spiro atoms. The lowest BCUT2D eigenvalue weighted by molar-refractivity contribution is -0.132. The molecule has 2 aromatic rings. The van der Waals surface area contributed by atoms with Gasteiger partial charge in [0.1, 0.15) is 24.7 Å².